The minimum absolute atomic E-state index is 0.0275. The number of hydrogen-bond donors (Lipinski definition) is 2. The lowest BCUT2D eigenvalue weighted by atomic mass is 9.90. The molecule has 1 aromatic rings. The first-order chi connectivity index (χ1) is 9.35. The molecule has 0 saturated heterocycles. The molecular weight excluding hydrogens is 256 g/mol. The largest absolute Gasteiger partial charge is 0.478 e. The number of amides is 1. The molecule has 108 valence electrons. The molecular formula is C15H20N2O3. The average Bonchev–Trinajstić information content (AvgIpc) is 2.43. The predicted octanol–water partition coefficient (Wildman–Crippen LogP) is 2.35. The van der Waals surface area contributed by atoms with E-state index in [1.54, 1.807) is 6.07 Å². The lowest BCUT2D eigenvalue weighted by Gasteiger charge is -2.23. The van der Waals surface area contributed by atoms with Gasteiger partial charge >= 0.3 is 5.97 Å². The molecule has 0 saturated carbocycles. The van der Waals surface area contributed by atoms with Crippen LogP contribution in [0.3, 0.4) is 0 Å². The summed E-state index contributed by atoms with van der Waals surface area (Å²) in [5.74, 6) is -1.29. The highest BCUT2D eigenvalue weighted by atomic mass is 16.4. The molecule has 0 aliphatic carbocycles. The Labute approximate surface area is 118 Å². The van der Waals surface area contributed by atoms with E-state index in [1.165, 1.54) is 18.5 Å². The van der Waals surface area contributed by atoms with Crippen molar-refractivity contribution in [2.75, 3.05) is 6.54 Å². The van der Waals surface area contributed by atoms with E-state index < -0.39 is 5.97 Å². The van der Waals surface area contributed by atoms with Gasteiger partial charge in [-0.15, -0.1) is 0 Å². The van der Waals surface area contributed by atoms with Crippen molar-refractivity contribution in [2.24, 2.45) is 5.41 Å². The third-order valence-corrected chi connectivity index (χ3v) is 3.19. The second-order valence-corrected chi connectivity index (χ2v) is 5.33. The van der Waals surface area contributed by atoms with Gasteiger partial charge in [0.05, 0.1) is 0 Å². The van der Waals surface area contributed by atoms with Crippen LogP contribution in [0.1, 0.15) is 43.1 Å². The molecule has 0 aliphatic rings. The number of pyridine rings is 1. The van der Waals surface area contributed by atoms with Gasteiger partial charge in [-0.25, -0.2) is 4.79 Å². The molecule has 1 heterocycles. The zero-order chi connectivity index (χ0) is 15.2. The first-order valence-electron chi connectivity index (χ1n) is 6.49. The molecule has 0 aliphatic heterocycles. The molecule has 5 nitrogen and oxygen atoms in total. The number of aromatic nitrogens is 1. The van der Waals surface area contributed by atoms with Crippen LogP contribution in [0.15, 0.2) is 24.5 Å². The second kappa shape index (κ2) is 6.84. The normalized spacial score (nSPS) is 11.6. The first-order valence-corrected chi connectivity index (χ1v) is 6.49. The number of carbonyl (C=O) groups excluding carboxylic acids is 1. The molecule has 0 spiro atoms. The van der Waals surface area contributed by atoms with E-state index in [1.807, 2.05) is 0 Å². The van der Waals surface area contributed by atoms with Crippen molar-refractivity contribution >= 4 is 18.0 Å². The Morgan fingerprint density at radius 2 is 2.15 bits per heavy atom. The summed E-state index contributed by atoms with van der Waals surface area (Å²) in [4.78, 5) is 26.6. The highest BCUT2D eigenvalue weighted by Gasteiger charge is 2.17. The number of carbonyl (C=O) groups is 2. The van der Waals surface area contributed by atoms with E-state index >= 15 is 0 Å². The Morgan fingerprint density at radius 3 is 2.75 bits per heavy atom. The van der Waals surface area contributed by atoms with Gasteiger partial charge in [-0.3, -0.25) is 9.78 Å². The third kappa shape index (κ3) is 4.84. The molecule has 0 fully saturated rings. The molecule has 1 rings (SSSR count). The number of rotatable bonds is 6. The van der Waals surface area contributed by atoms with E-state index in [-0.39, 0.29) is 11.3 Å². The van der Waals surface area contributed by atoms with Gasteiger partial charge in [-0.05, 0) is 24.0 Å². The zero-order valence-electron chi connectivity index (χ0n) is 12.0. The maximum Gasteiger partial charge on any atom is 0.328 e. The van der Waals surface area contributed by atoms with Crippen LogP contribution in [-0.2, 0) is 4.79 Å². The van der Waals surface area contributed by atoms with E-state index in [0.29, 0.717) is 17.7 Å². The van der Waals surface area contributed by atoms with Crippen LogP contribution in [0.5, 0.6) is 0 Å². The monoisotopic (exact) mass is 276 g/mol. The molecule has 0 aromatic carbocycles. The predicted molar refractivity (Wildman–Crippen MR) is 77.3 cm³/mol. The van der Waals surface area contributed by atoms with Crippen molar-refractivity contribution in [3.8, 4) is 0 Å². The highest BCUT2D eigenvalue weighted by molar-refractivity contribution is 5.98. The van der Waals surface area contributed by atoms with E-state index in [2.05, 4.69) is 31.1 Å². The molecule has 0 radical (unpaired) electrons. The van der Waals surface area contributed by atoms with Crippen molar-refractivity contribution in [1.29, 1.82) is 0 Å². The van der Waals surface area contributed by atoms with Crippen molar-refractivity contribution in [2.45, 2.75) is 27.2 Å². The number of carboxylic acids is 1. The molecule has 0 bridgehead atoms. The summed E-state index contributed by atoms with van der Waals surface area (Å²) in [7, 11) is 0. The summed E-state index contributed by atoms with van der Waals surface area (Å²) in [6, 6.07) is 1.58. The van der Waals surface area contributed by atoms with Crippen molar-refractivity contribution in [1.82, 2.24) is 10.3 Å². The Morgan fingerprint density at radius 1 is 1.45 bits per heavy atom. The summed E-state index contributed by atoms with van der Waals surface area (Å²) in [5, 5.41) is 11.5. The number of nitrogens with zero attached hydrogens (tertiary/aromatic N) is 1. The molecule has 20 heavy (non-hydrogen) atoms. The van der Waals surface area contributed by atoms with Gasteiger partial charge in [0.15, 0.2) is 0 Å². The van der Waals surface area contributed by atoms with Crippen LogP contribution in [-0.4, -0.2) is 28.5 Å². The zero-order valence-corrected chi connectivity index (χ0v) is 12.0. The highest BCUT2D eigenvalue weighted by Crippen LogP contribution is 2.18. The van der Waals surface area contributed by atoms with Gasteiger partial charge in [0, 0.05) is 36.1 Å². The van der Waals surface area contributed by atoms with Gasteiger partial charge in [-0.1, -0.05) is 20.8 Å². The fourth-order valence-corrected chi connectivity index (χ4v) is 1.45. The number of hydrogen-bond acceptors (Lipinski definition) is 3. The molecule has 0 atom stereocenters. The fraction of sp³-hybridized carbons (Fsp3) is 0.400. The van der Waals surface area contributed by atoms with E-state index in [4.69, 9.17) is 5.11 Å². The van der Waals surface area contributed by atoms with Gasteiger partial charge in [0.1, 0.15) is 0 Å². The van der Waals surface area contributed by atoms with Crippen LogP contribution >= 0.6 is 0 Å². The van der Waals surface area contributed by atoms with Crippen LogP contribution in [0.4, 0.5) is 0 Å². The minimum atomic E-state index is -1.06. The number of carboxylic acid groups (broad SMARTS) is 1. The summed E-state index contributed by atoms with van der Waals surface area (Å²) < 4.78 is 0. The Bertz CT molecular complexity index is 522. The molecule has 5 heteroatoms. The molecule has 1 aromatic heterocycles. The third-order valence-electron chi connectivity index (χ3n) is 3.19. The second-order valence-electron chi connectivity index (χ2n) is 5.33. The standard InChI is InChI=1S/C15H20N2O3/c1-4-15(2,3)10-17-14(20)12-7-8-16-9-11(12)5-6-13(18)19/h5-9H,4,10H2,1-3H3,(H,17,20)(H,18,19)/b6-5+. The van der Waals surface area contributed by atoms with E-state index in [0.717, 1.165) is 12.5 Å². The first kappa shape index (κ1) is 15.9. The SMILES string of the molecule is CCC(C)(C)CNC(=O)c1ccncc1/C=C/C(=O)O. The van der Waals surface area contributed by atoms with Crippen molar-refractivity contribution in [3.05, 3.63) is 35.7 Å². The summed E-state index contributed by atoms with van der Waals surface area (Å²) in [5.41, 5.74) is 0.936. The van der Waals surface area contributed by atoms with Crippen molar-refractivity contribution in [3.63, 3.8) is 0 Å². The lowest BCUT2D eigenvalue weighted by Crippen LogP contribution is -2.33. The Hall–Kier alpha value is -2.17. The van der Waals surface area contributed by atoms with Crippen LogP contribution in [0.2, 0.25) is 0 Å². The molecule has 2 N–H and O–H groups in total. The molecule has 0 unspecified atom stereocenters. The number of aliphatic carboxylic acids is 1. The quantitative estimate of drug-likeness (QED) is 0.782. The van der Waals surface area contributed by atoms with Crippen LogP contribution in [0.25, 0.3) is 6.08 Å². The smallest absolute Gasteiger partial charge is 0.328 e. The number of nitrogens with one attached hydrogen (secondary N) is 1. The average molecular weight is 276 g/mol. The van der Waals surface area contributed by atoms with Crippen LogP contribution in [0, 0.1) is 5.41 Å². The maximum absolute atomic E-state index is 12.2. The summed E-state index contributed by atoms with van der Waals surface area (Å²) in [6.45, 7) is 6.78. The van der Waals surface area contributed by atoms with Gasteiger partial charge in [-0.2, -0.15) is 0 Å². The van der Waals surface area contributed by atoms with Gasteiger partial charge in [0.2, 0.25) is 0 Å². The lowest BCUT2D eigenvalue weighted by molar-refractivity contribution is -0.131. The van der Waals surface area contributed by atoms with Gasteiger partial charge in [0.25, 0.3) is 5.91 Å². The maximum atomic E-state index is 12.2. The minimum Gasteiger partial charge on any atom is -0.478 e. The molecule has 1 amide bonds. The summed E-state index contributed by atoms with van der Waals surface area (Å²) >= 11 is 0. The van der Waals surface area contributed by atoms with Gasteiger partial charge < -0.3 is 10.4 Å². The van der Waals surface area contributed by atoms with Crippen molar-refractivity contribution < 1.29 is 14.7 Å². The Balaban J connectivity index is 2.85. The Kier molecular flexibility index (Phi) is 5.43. The topological polar surface area (TPSA) is 79.3 Å². The van der Waals surface area contributed by atoms with Crippen LogP contribution < -0.4 is 5.32 Å². The van der Waals surface area contributed by atoms with E-state index in [9.17, 15) is 9.59 Å². The fourth-order valence-electron chi connectivity index (χ4n) is 1.45. The summed E-state index contributed by atoms with van der Waals surface area (Å²) in [6.07, 6.45) is 6.30.